The summed E-state index contributed by atoms with van der Waals surface area (Å²) in [6, 6.07) is 21.8. The molecule has 6 nitrogen and oxygen atoms in total. The molecular formula is C29H25FN2O4S. The summed E-state index contributed by atoms with van der Waals surface area (Å²) >= 11 is 1.37. The third kappa shape index (κ3) is 5.16. The number of anilines is 1. The summed E-state index contributed by atoms with van der Waals surface area (Å²) in [5.74, 6) is 0.661. The van der Waals surface area contributed by atoms with Gasteiger partial charge in [-0.25, -0.2) is 4.39 Å². The molecule has 2 heterocycles. The van der Waals surface area contributed by atoms with Gasteiger partial charge in [0.1, 0.15) is 22.6 Å². The number of aromatic nitrogens is 1. The van der Waals surface area contributed by atoms with Crippen molar-refractivity contribution in [2.75, 3.05) is 17.8 Å². The highest BCUT2D eigenvalue weighted by molar-refractivity contribution is 8.00. The number of phenols is 1. The molecule has 0 unspecified atom stereocenters. The van der Waals surface area contributed by atoms with Gasteiger partial charge in [-0.2, -0.15) is 0 Å². The number of rotatable bonds is 8. The Bertz CT molecular complexity index is 1380. The van der Waals surface area contributed by atoms with Gasteiger partial charge >= 0.3 is 0 Å². The number of halogens is 1. The van der Waals surface area contributed by atoms with Crippen molar-refractivity contribution in [2.24, 2.45) is 0 Å². The molecular weight excluding hydrogens is 491 g/mol. The van der Waals surface area contributed by atoms with Gasteiger partial charge in [-0.05, 0) is 59.2 Å². The van der Waals surface area contributed by atoms with Gasteiger partial charge in [0, 0.05) is 23.2 Å². The van der Waals surface area contributed by atoms with E-state index < -0.39 is 11.4 Å². The first-order valence-corrected chi connectivity index (χ1v) is 12.8. The molecule has 1 aliphatic heterocycles. The minimum absolute atomic E-state index is 0.0646. The molecule has 1 fully saturated rings. The first-order valence-electron chi connectivity index (χ1n) is 11.7. The van der Waals surface area contributed by atoms with Crippen molar-refractivity contribution in [3.05, 3.63) is 108 Å². The number of aliphatic hydroxyl groups is 1. The number of phenolic OH excluding ortho intramolecular Hbond substituents is 1. The van der Waals surface area contributed by atoms with Gasteiger partial charge in [0.15, 0.2) is 0 Å². The second-order valence-corrected chi connectivity index (χ2v) is 9.90. The van der Waals surface area contributed by atoms with E-state index in [0.29, 0.717) is 11.3 Å². The molecule has 0 bridgehead atoms. The molecule has 0 saturated carbocycles. The van der Waals surface area contributed by atoms with Crippen molar-refractivity contribution in [1.82, 2.24) is 4.98 Å². The van der Waals surface area contributed by atoms with Crippen molar-refractivity contribution >= 4 is 23.4 Å². The lowest BCUT2D eigenvalue weighted by Gasteiger charge is -2.47. The van der Waals surface area contributed by atoms with Crippen LogP contribution in [0.2, 0.25) is 0 Å². The number of aromatic hydroxyl groups is 1. The smallest absolute Gasteiger partial charge is 0.243 e. The highest BCUT2D eigenvalue weighted by atomic mass is 32.2. The van der Waals surface area contributed by atoms with Gasteiger partial charge in [-0.3, -0.25) is 9.78 Å². The molecule has 0 radical (unpaired) electrons. The SMILES string of the molecule is COc1cncc(-c2ccc(N3C(=O)[C@H](SC[C@H](O)c4ccc(F)cc4)[C@H]3c3ccc(O)cc3)cc2)c1. The van der Waals surface area contributed by atoms with Crippen LogP contribution in [0.25, 0.3) is 11.1 Å². The second kappa shape index (κ2) is 10.6. The molecule has 188 valence electrons. The van der Waals surface area contributed by atoms with E-state index in [1.54, 1.807) is 60.8 Å². The van der Waals surface area contributed by atoms with Crippen LogP contribution in [0.1, 0.15) is 23.3 Å². The van der Waals surface area contributed by atoms with Gasteiger partial charge in [0.25, 0.3) is 0 Å². The third-order valence-electron chi connectivity index (χ3n) is 6.40. The summed E-state index contributed by atoms with van der Waals surface area (Å²) in [5.41, 5.74) is 4.07. The number of nitrogens with zero attached hydrogens (tertiary/aromatic N) is 2. The Morgan fingerprint density at radius 3 is 2.38 bits per heavy atom. The number of hydrogen-bond acceptors (Lipinski definition) is 6. The lowest BCUT2D eigenvalue weighted by atomic mass is 9.92. The Morgan fingerprint density at radius 1 is 1.00 bits per heavy atom. The Balaban J connectivity index is 1.37. The van der Waals surface area contributed by atoms with E-state index in [0.717, 1.165) is 22.4 Å². The van der Waals surface area contributed by atoms with Gasteiger partial charge in [0.05, 0.1) is 25.5 Å². The maximum atomic E-state index is 13.3. The molecule has 1 amide bonds. The van der Waals surface area contributed by atoms with Crippen LogP contribution in [0.15, 0.2) is 91.3 Å². The van der Waals surface area contributed by atoms with E-state index in [9.17, 15) is 19.4 Å². The minimum atomic E-state index is -0.830. The van der Waals surface area contributed by atoms with Gasteiger partial charge in [0.2, 0.25) is 5.91 Å². The van der Waals surface area contributed by atoms with E-state index in [-0.39, 0.29) is 29.3 Å². The molecule has 1 saturated heterocycles. The highest BCUT2D eigenvalue weighted by Crippen LogP contribution is 2.46. The third-order valence-corrected chi connectivity index (χ3v) is 7.72. The summed E-state index contributed by atoms with van der Waals surface area (Å²) in [6.07, 6.45) is 2.57. The van der Waals surface area contributed by atoms with Crippen LogP contribution in [0.3, 0.4) is 0 Å². The van der Waals surface area contributed by atoms with Crippen molar-refractivity contribution < 1.29 is 24.1 Å². The fourth-order valence-corrected chi connectivity index (χ4v) is 5.69. The molecule has 3 aromatic carbocycles. The average molecular weight is 517 g/mol. The Labute approximate surface area is 218 Å². The Kier molecular flexibility index (Phi) is 7.12. The predicted molar refractivity (Wildman–Crippen MR) is 142 cm³/mol. The minimum Gasteiger partial charge on any atom is -0.508 e. The molecule has 2 N–H and O–H groups in total. The zero-order valence-electron chi connectivity index (χ0n) is 20.0. The summed E-state index contributed by atoms with van der Waals surface area (Å²) in [6.45, 7) is 0. The van der Waals surface area contributed by atoms with Crippen LogP contribution in [0, 0.1) is 5.82 Å². The number of hydrogen-bond donors (Lipinski definition) is 2. The average Bonchev–Trinajstić information content (AvgIpc) is 2.93. The number of benzene rings is 3. The summed E-state index contributed by atoms with van der Waals surface area (Å²) in [5, 5.41) is 20.0. The molecule has 0 aliphatic carbocycles. The lowest BCUT2D eigenvalue weighted by molar-refractivity contribution is -0.123. The van der Waals surface area contributed by atoms with E-state index in [1.165, 1.54) is 23.9 Å². The van der Waals surface area contributed by atoms with Crippen molar-refractivity contribution in [3.63, 3.8) is 0 Å². The number of thioether (sulfide) groups is 1. The van der Waals surface area contributed by atoms with Gasteiger partial charge in [-0.15, -0.1) is 11.8 Å². The topological polar surface area (TPSA) is 82.9 Å². The van der Waals surface area contributed by atoms with Crippen LogP contribution in [-0.4, -0.2) is 39.2 Å². The fourth-order valence-electron chi connectivity index (χ4n) is 4.39. The summed E-state index contributed by atoms with van der Waals surface area (Å²) in [7, 11) is 1.59. The van der Waals surface area contributed by atoms with Crippen LogP contribution in [0.4, 0.5) is 10.1 Å². The maximum Gasteiger partial charge on any atom is 0.243 e. The number of amides is 1. The standard InChI is InChI=1S/C29H25FN2O4S/c1-36-25-14-21(15-31-16-25)18-4-10-23(11-5-18)32-27(20-6-12-24(33)13-7-20)28(29(32)35)37-17-26(34)19-2-8-22(30)9-3-19/h2-16,26-28,33-34H,17H2,1H3/t26-,27+,28+/m0/s1. The highest BCUT2D eigenvalue weighted by Gasteiger charge is 2.49. The molecule has 1 aliphatic rings. The van der Waals surface area contributed by atoms with E-state index in [4.69, 9.17) is 4.74 Å². The van der Waals surface area contributed by atoms with Gasteiger partial charge < -0.3 is 19.8 Å². The van der Waals surface area contributed by atoms with Gasteiger partial charge in [-0.1, -0.05) is 36.4 Å². The number of carbonyl (C=O) groups is 1. The number of carbonyl (C=O) groups excluding carboxylic acids is 1. The Morgan fingerprint density at radius 2 is 1.70 bits per heavy atom. The lowest BCUT2D eigenvalue weighted by Crippen LogP contribution is -2.57. The van der Waals surface area contributed by atoms with Crippen LogP contribution in [-0.2, 0) is 4.79 Å². The monoisotopic (exact) mass is 516 g/mol. The molecule has 0 spiro atoms. The molecule has 37 heavy (non-hydrogen) atoms. The largest absolute Gasteiger partial charge is 0.508 e. The second-order valence-electron chi connectivity index (χ2n) is 8.73. The number of methoxy groups -OCH3 is 1. The van der Waals surface area contributed by atoms with Crippen LogP contribution >= 0.6 is 11.8 Å². The van der Waals surface area contributed by atoms with Crippen LogP contribution in [0.5, 0.6) is 11.5 Å². The quantitative estimate of drug-likeness (QED) is 0.300. The predicted octanol–water partition coefficient (Wildman–Crippen LogP) is 5.53. The zero-order chi connectivity index (χ0) is 25.9. The maximum absolute atomic E-state index is 13.3. The zero-order valence-corrected chi connectivity index (χ0v) is 20.8. The number of aliphatic hydroxyl groups excluding tert-OH is 1. The number of pyridine rings is 1. The molecule has 4 aromatic rings. The first kappa shape index (κ1) is 24.8. The molecule has 1 aromatic heterocycles. The summed E-state index contributed by atoms with van der Waals surface area (Å²) < 4.78 is 18.5. The summed E-state index contributed by atoms with van der Waals surface area (Å²) in [4.78, 5) is 19.3. The molecule has 3 atom stereocenters. The van der Waals surface area contributed by atoms with Crippen LogP contribution < -0.4 is 9.64 Å². The number of ether oxygens (including phenoxy) is 1. The number of β-lactam (4-membered cyclic amide) rings is 1. The van der Waals surface area contributed by atoms with Crippen molar-refractivity contribution in [2.45, 2.75) is 17.4 Å². The molecule has 8 heteroatoms. The fraction of sp³-hybridized carbons (Fsp3) is 0.172. The van der Waals surface area contributed by atoms with E-state index in [2.05, 4.69) is 4.98 Å². The first-order chi connectivity index (χ1) is 17.9. The van der Waals surface area contributed by atoms with E-state index >= 15 is 0 Å². The van der Waals surface area contributed by atoms with Crippen molar-refractivity contribution in [1.29, 1.82) is 0 Å². The Hall–Kier alpha value is -3.88. The van der Waals surface area contributed by atoms with E-state index in [1.807, 2.05) is 30.3 Å². The normalized spacial score (nSPS) is 17.8. The molecule has 5 rings (SSSR count). The van der Waals surface area contributed by atoms with Crippen molar-refractivity contribution in [3.8, 4) is 22.6 Å².